The summed E-state index contributed by atoms with van der Waals surface area (Å²) >= 11 is 0. The SMILES string of the molecule is O=C1C=c2ccc(-c3cncc4c3OCCN4S(=O)(=O)O)cc2=N1. The fraction of sp³-hybridized carbons (Fsp3) is 0.133. The zero-order valence-corrected chi connectivity index (χ0v) is 13.0. The molecule has 0 radical (unpaired) electrons. The zero-order valence-electron chi connectivity index (χ0n) is 12.2. The average molecular weight is 345 g/mol. The first-order valence-corrected chi connectivity index (χ1v) is 8.44. The van der Waals surface area contributed by atoms with E-state index in [1.165, 1.54) is 18.5 Å². The Morgan fingerprint density at radius 2 is 2.08 bits per heavy atom. The van der Waals surface area contributed by atoms with Gasteiger partial charge in [-0.1, -0.05) is 12.1 Å². The molecule has 2 aromatic rings. The maximum Gasteiger partial charge on any atom is 0.360 e. The molecule has 1 amide bonds. The maximum atomic E-state index is 11.5. The first-order chi connectivity index (χ1) is 11.4. The first kappa shape index (κ1) is 14.8. The Morgan fingerprint density at radius 3 is 2.88 bits per heavy atom. The lowest BCUT2D eigenvalue weighted by atomic mass is 10.0. The highest BCUT2D eigenvalue weighted by atomic mass is 32.2. The Kier molecular flexibility index (Phi) is 3.15. The topological polar surface area (TPSA) is 109 Å². The van der Waals surface area contributed by atoms with Crippen molar-refractivity contribution in [3.05, 3.63) is 41.2 Å². The van der Waals surface area contributed by atoms with E-state index in [-0.39, 0.29) is 24.7 Å². The third-order valence-corrected chi connectivity index (χ3v) is 4.75. The summed E-state index contributed by atoms with van der Waals surface area (Å²) in [6.45, 7) is 0.103. The number of carbonyl (C=O) groups excluding carboxylic acids is 1. The fourth-order valence-corrected chi connectivity index (χ4v) is 3.46. The highest BCUT2D eigenvalue weighted by Crippen LogP contribution is 2.40. The standard InChI is InChI=1S/C15H11N3O5S/c19-14-6-10-2-1-9(5-12(10)17-14)11-7-16-8-13-15(11)23-4-3-18(13)24(20,21)22/h1-2,5-8H,3-4H2,(H,20,21,22). The largest absolute Gasteiger partial charge is 0.489 e. The summed E-state index contributed by atoms with van der Waals surface area (Å²) in [4.78, 5) is 19.3. The second-order valence-corrected chi connectivity index (χ2v) is 6.64. The Bertz CT molecular complexity index is 1090. The van der Waals surface area contributed by atoms with Gasteiger partial charge in [-0.25, -0.2) is 9.30 Å². The van der Waals surface area contributed by atoms with E-state index in [2.05, 4.69) is 9.98 Å². The summed E-state index contributed by atoms with van der Waals surface area (Å²) in [6, 6.07) is 5.24. The summed E-state index contributed by atoms with van der Waals surface area (Å²) in [5.41, 5.74) is 1.40. The minimum absolute atomic E-state index is 0.0000500. The Labute approximate surface area is 136 Å². The quantitative estimate of drug-likeness (QED) is 0.748. The zero-order chi connectivity index (χ0) is 16.9. The van der Waals surface area contributed by atoms with E-state index in [9.17, 15) is 17.8 Å². The van der Waals surface area contributed by atoms with Gasteiger partial charge in [-0.3, -0.25) is 14.3 Å². The predicted molar refractivity (Wildman–Crippen MR) is 84.3 cm³/mol. The summed E-state index contributed by atoms with van der Waals surface area (Å²) < 4.78 is 38.9. The number of hydrogen-bond acceptors (Lipinski definition) is 5. The predicted octanol–water partition coefficient (Wildman–Crippen LogP) is -0.309. The normalized spacial score (nSPS) is 15.9. The minimum Gasteiger partial charge on any atom is -0.489 e. The van der Waals surface area contributed by atoms with E-state index >= 15 is 0 Å². The van der Waals surface area contributed by atoms with Gasteiger partial charge in [0, 0.05) is 23.1 Å². The van der Waals surface area contributed by atoms with E-state index < -0.39 is 10.3 Å². The molecule has 0 spiro atoms. The van der Waals surface area contributed by atoms with Crippen molar-refractivity contribution >= 4 is 28.0 Å². The molecular formula is C15H11N3O5S. The molecule has 0 saturated heterocycles. The molecule has 9 heteroatoms. The van der Waals surface area contributed by atoms with Crippen molar-refractivity contribution < 1.29 is 22.5 Å². The maximum absolute atomic E-state index is 11.5. The minimum atomic E-state index is -4.41. The lowest BCUT2D eigenvalue weighted by Crippen LogP contribution is -2.37. The number of fused-ring (bicyclic) bond motifs is 2. The van der Waals surface area contributed by atoms with Crippen LogP contribution in [-0.2, 0) is 15.1 Å². The van der Waals surface area contributed by atoms with E-state index in [0.29, 0.717) is 22.2 Å². The van der Waals surface area contributed by atoms with Crippen LogP contribution >= 0.6 is 0 Å². The van der Waals surface area contributed by atoms with Crippen molar-refractivity contribution in [1.29, 1.82) is 0 Å². The summed E-state index contributed by atoms with van der Waals surface area (Å²) in [5, 5.41) is 1.26. The van der Waals surface area contributed by atoms with Crippen LogP contribution in [0.5, 0.6) is 5.75 Å². The van der Waals surface area contributed by atoms with Gasteiger partial charge in [0.25, 0.3) is 5.91 Å². The van der Waals surface area contributed by atoms with Gasteiger partial charge in [0.1, 0.15) is 12.3 Å². The molecule has 3 heterocycles. The number of hydrogen-bond donors (Lipinski definition) is 1. The number of rotatable bonds is 2. The van der Waals surface area contributed by atoms with Crippen molar-refractivity contribution in [3.63, 3.8) is 0 Å². The lowest BCUT2D eigenvalue weighted by molar-refractivity contribution is -0.112. The molecule has 24 heavy (non-hydrogen) atoms. The van der Waals surface area contributed by atoms with Crippen LogP contribution in [0.15, 0.2) is 35.6 Å². The molecule has 2 aliphatic heterocycles. The fourth-order valence-electron chi connectivity index (χ4n) is 2.78. The van der Waals surface area contributed by atoms with Crippen LogP contribution in [0.2, 0.25) is 0 Å². The van der Waals surface area contributed by atoms with Crippen LogP contribution in [0.4, 0.5) is 5.69 Å². The molecule has 0 saturated carbocycles. The van der Waals surface area contributed by atoms with Gasteiger partial charge in [0.2, 0.25) is 0 Å². The Balaban J connectivity index is 1.91. The van der Waals surface area contributed by atoms with Gasteiger partial charge >= 0.3 is 10.3 Å². The van der Waals surface area contributed by atoms with Gasteiger partial charge in [-0.2, -0.15) is 8.42 Å². The number of amides is 1. The monoisotopic (exact) mass is 345 g/mol. The Hall–Kier alpha value is -2.78. The van der Waals surface area contributed by atoms with E-state index in [1.807, 2.05) is 0 Å². The second kappa shape index (κ2) is 5.11. The molecule has 2 aliphatic rings. The first-order valence-electron chi connectivity index (χ1n) is 7.04. The van der Waals surface area contributed by atoms with Crippen LogP contribution < -0.4 is 19.6 Å². The van der Waals surface area contributed by atoms with Gasteiger partial charge in [-0.15, -0.1) is 0 Å². The van der Waals surface area contributed by atoms with Crippen LogP contribution in [-0.4, -0.2) is 37.0 Å². The average Bonchev–Trinajstić information content (AvgIpc) is 2.92. The lowest BCUT2D eigenvalue weighted by Gasteiger charge is -2.28. The molecule has 8 nitrogen and oxygen atoms in total. The molecule has 1 aromatic heterocycles. The van der Waals surface area contributed by atoms with Crippen LogP contribution in [0.25, 0.3) is 17.2 Å². The van der Waals surface area contributed by atoms with Crippen LogP contribution in [0.3, 0.4) is 0 Å². The summed E-state index contributed by atoms with van der Waals surface area (Å²) in [5.74, 6) is -0.00806. The van der Waals surface area contributed by atoms with Crippen molar-refractivity contribution in [3.8, 4) is 16.9 Å². The molecule has 0 atom stereocenters. The van der Waals surface area contributed by atoms with E-state index in [0.717, 1.165) is 9.52 Å². The number of anilines is 1. The van der Waals surface area contributed by atoms with Gasteiger partial charge in [-0.05, 0) is 11.6 Å². The molecule has 0 unspecified atom stereocenters. The smallest absolute Gasteiger partial charge is 0.360 e. The van der Waals surface area contributed by atoms with Gasteiger partial charge < -0.3 is 4.74 Å². The molecule has 1 aromatic carbocycles. The molecule has 1 N–H and O–H groups in total. The third-order valence-electron chi connectivity index (χ3n) is 3.82. The van der Waals surface area contributed by atoms with E-state index in [1.54, 1.807) is 18.2 Å². The van der Waals surface area contributed by atoms with Crippen molar-refractivity contribution in [2.75, 3.05) is 17.5 Å². The second-order valence-electron chi connectivity index (χ2n) is 5.30. The number of ether oxygens (including phenoxy) is 1. The van der Waals surface area contributed by atoms with Gasteiger partial charge in [0.15, 0.2) is 5.75 Å². The molecule has 0 bridgehead atoms. The Morgan fingerprint density at radius 1 is 1.25 bits per heavy atom. The van der Waals surface area contributed by atoms with Crippen LogP contribution in [0.1, 0.15) is 0 Å². The number of benzene rings is 1. The molecule has 0 fully saturated rings. The summed E-state index contributed by atoms with van der Waals surface area (Å²) in [6.07, 6.45) is 4.30. The number of pyridine rings is 1. The van der Waals surface area contributed by atoms with Crippen LogP contribution in [0, 0.1) is 0 Å². The van der Waals surface area contributed by atoms with Crippen molar-refractivity contribution in [1.82, 2.24) is 4.98 Å². The molecule has 122 valence electrons. The molecule has 0 aliphatic carbocycles. The number of aromatic nitrogens is 1. The highest BCUT2D eigenvalue weighted by molar-refractivity contribution is 7.87. The molecule has 4 rings (SSSR count). The third kappa shape index (κ3) is 2.34. The molecular weight excluding hydrogens is 334 g/mol. The van der Waals surface area contributed by atoms with Crippen molar-refractivity contribution in [2.24, 2.45) is 4.99 Å². The number of carbonyl (C=O) groups is 1. The highest BCUT2D eigenvalue weighted by Gasteiger charge is 2.29. The summed E-state index contributed by atoms with van der Waals surface area (Å²) in [7, 11) is -4.41. The van der Waals surface area contributed by atoms with Gasteiger partial charge in [0.05, 0.1) is 18.1 Å². The van der Waals surface area contributed by atoms with Crippen molar-refractivity contribution in [2.45, 2.75) is 0 Å². The number of nitrogens with zero attached hydrogens (tertiary/aromatic N) is 3. The van der Waals surface area contributed by atoms with E-state index in [4.69, 9.17) is 4.74 Å².